The van der Waals surface area contributed by atoms with E-state index in [9.17, 15) is 9.18 Å². The molecule has 0 spiro atoms. The lowest BCUT2D eigenvalue weighted by molar-refractivity contribution is 0.130. The van der Waals surface area contributed by atoms with Gasteiger partial charge in [-0.1, -0.05) is 0 Å². The van der Waals surface area contributed by atoms with Crippen LogP contribution >= 0.6 is 0 Å². The lowest BCUT2D eigenvalue weighted by Gasteiger charge is -2.10. The van der Waals surface area contributed by atoms with Crippen molar-refractivity contribution in [2.24, 2.45) is 0 Å². The van der Waals surface area contributed by atoms with Gasteiger partial charge < -0.3 is 10.5 Å². The van der Waals surface area contributed by atoms with Crippen LogP contribution in [0.5, 0.6) is 0 Å². The van der Waals surface area contributed by atoms with Crippen molar-refractivity contribution in [3.05, 3.63) is 24.0 Å². The Kier molecular flexibility index (Phi) is 3.49. The standard InChI is InChI=1S/C10H13FN2O2/c1-6(2)15-10(14)13-9-5-7(12)3-4-8(9)11/h3-6H,12H2,1-2H3,(H,13,14). The van der Waals surface area contributed by atoms with Crippen molar-refractivity contribution in [2.45, 2.75) is 20.0 Å². The highest BCUT2D eigenvalue weighted by Gasteiger charge is 2.09. The number of halogens is 1. The summed E-state index contributed by atoms with van der Waals surface area (Å²) in [5, 5.41) is 2.27. The second-order valence-electron chi connectivity index (χ2n) is 3.32. The quantitative estimate of drug-likeness (QED) is 0.739. The van der Waals surface area contributed by atoms with Crippen LogP contribution in [0.1, 0.15) is 13.8 Å². The number of nitrogen functional groups attached to an aromatic ring is 1. The smallest absolute Gasteiger partial charge is 0.411 e. The van der Waals surface area contributed by atoms with Gasteiger partial charge in [0.1, 0.15) is 5.82 Å². The normalized spacial score (nSPS) is 10.1. The van der Waals surface area contributed by atoms with E-state index in [0.29, 0.717) is 5.69 Å². The van der Waals surface area contributed by atoms with E-state index in [2.05, 4.69) is 5.32 Å². The first-order valence-corrected chi connectivity index (χ1v) is 4.51. The number of nitrogens with one attached hydrogen (secondary N) is 1. The van der Waals surface area contributed by atoms with E-state index < -0.39 is 11.9 Å². The van der Waals surface area contributed by atoms with E-state index in [-0.39, 0.29) is 11.8 Å². The zero-order valence-electron chi connectivity index (χ0n) is 8.58. The molecule has 0 aliphatic carbocycles. The van der Waals surface area contributed by atoms with Crippen LogP contribution in [0.15, 0.2) is 18.2 Å². The van der Waals surface area contributed by atoms with Crippen molar-refractivity contribution in [2.75, 3.05) is 11.1 Å². The summed E-state index contributed by atoms with van der Waals surface area (Å²) >= 11 is 0. The topological polar surface area (TPSA) is 64.3 Å². The Morgan fingerprint density at radius 3 is 2.80 bits per heavy atom. The maximum atomic E-state index is 13.1. The molecule has 1 amide bonds. The van der Waals surface area contributed by atoms with Crippen LogP contribution < -0.4 is 11.1 Å². The first-order chi connectivity index (χ1) is 6.99. The maximum absolute atomic E-state index is 13.1. The van der Waals surface area contributed by atoms with Gasteiger partial charge >= 0.3 is 6.09 Å². The molecule has 0 radical (unpaired) electrons. The van der Waals surface area contributed by atoms with Gasteiger partial charge in [0.25, 0.3) is 0 Å². The summed E-state index contributed by atoms with van der Waals surface area (Å²) in [4.78, 5) is 11.1. The highest BCUT2D eigenvalue weighted by molar-refractivity contribution is 5.85. The molecule has 0 heterocycles. The predicted octanol–water partition coefficient (Wildman–Crippen LogP) is 2.36. The van der Waals surface area contributed by atoms with Crippen molar-refractivity contribution in [3.8, 4) is 0 Å². The van der Waals surface area contributed by atoms with Gasteiger partial charge in [-0.2, -0.15) is 0 Å². The molecule has 1 rings (SSSR count). The van der Waals surface area contributed by atoms with E-state index >= 15 is 0 Å². The summed E-state index contributed by atoms with van der Waals surface area (Å²) in [6, 6.07) is 3.92. The number of hydrogen-bond acceptors (Lipinski definition) is 3. The van der Waals surface area contributed by atoms with E-state index in [1.165, 1.54) is 18.2 Å². The first-order valence-electron chi connectivity index (χ1n) is 4.51. The van der Waals surface area contributed by atoms with Gasteiger partial charge in [-0.15, -0.1) is 0 Å². The number of anilines is 2. The molecule has 82 valence electrons. The number of rotatable bonds is 2. The molecule has 0 saturated heterocycles. The molecule has 0 unspecified atom stereocenters. The average Bonchev–Trinajstić information content (AvgIpc) is 2.10. The highest BCUT2D eigenvalue weighted by atomic mass is 19.1. The molecule has 0 aliphatic rings. The van der Waals surface area contributed by atoms with Crippen LogP contribution in [0.2, 0.25) is 0 Å². The predicted molar refractivity (Wildman–Crippen MR) is 56.1 cm³/mol. The number of ether oxygens (including phenoxy) is 1. The van der Waals surface area contributed by atoms with Gasteiger partial charge in [0.2, 0.25) is 0 Å². The Balaban J connectivity index is 2.71. The zero-order valence-corrected chi connectivity index (χ0v) is 8.58. The Bertz CT molecular complexity index is 366. The molecule has 0 atom stereocenters. The molecule has 0 aromatic heterocycles. The Morgan fingerprint density at radius 2 is 2.20 bits per heavy atom. The Morgan fingerprint density at radius 1 is 1.53 bits per heavy atom. The Hall–Kier alpha value is -1.78. The highest BCUT2D eigenvalue weighted by Crippen LogP contribution is 2.17. The minimum Gasteiger partial charge on any atom is -0.447 e. The van der Waals surface area contributed by atoms with Gasteiger partial charge in [-0.05, 0) is 32.0 Å². The molecular formula is C10H13FN2O2. The monoisotopic (exact) mass is 212 g/mol. The summed E-state index contributed by atoms with van der Waals surface area (Å²) < 4.78 is 17.9. The van der Waals surface area contributed by atoms with Crippen LogP contribution in [-0.4, -0.2) is 12.2 Å². The summed E-state index contributed by atoms with van der Waals surface area (Å²) in [5.74, 6) is -0.551. The number of benzene rings is 1. The van der Waals surface area contributed by atoms with Crippen LogP contribution in [0.3, 0.4) is 0 Å². The van der Waals surface area contributed by atoms with Crippen molar-refractivity contribution in [3.63, 3.8) is 0 Å². The molecule has 1 aromatic rings. The third-order valence-corrected chi connectivity index (χ3v) is 1.57. The molecule has 5 heteroatoms. The van der Waals surface area contributed by atoms with Crippen LogP contribution in [0.4, 0.5) is 20.6 Å². The van der Waals surface area contributed by atoms with Crippen molar-refractivity contribution >= 4 is 17.5 Å². The number of hydrogen-bond donors (Lipinski definition) is 2. The van der Waals surface area contributed by atoms with E-state index in [1.807, 2.05) is 0 Å². The maximum Gasteiger partial charge on any atom is 0.411 e. The molecule has 0 aliphatic heterocycles. The Labute approximate surface area is 87.2 Å². The van der Waals surface area contributed by atoms with Gasteiger partial charge in [0, 0.05) is 5.69 Å². The molecular weight excluding hydrogens is 199 g/mol. The second kappa shape index (κ2) is 4.63. The number of amides is 1. The van der Waals surface area contributed by atoms with Crippen molar-refractivity contribution in [1.29, 1.82) is 0 Å². The largest absolute Gasteiger partial charge is 0.447 e. The number of carbonyl (C=O) groups is 1. The van der Waals surface area contributed by atoms with Crippen LogP contribution in [-0.2, 0) is 4.74 Å². The summed E-state index contributed by atoms with van der Waals surface area (Å²) in [6.07, 6.45) is -0.955. The van der Waals surface area contributed by atoms with Crippen LogP contribution in [0, 0.1) is 5.82 Å². The molecule has 3 N–H and O–H groups in total. The summed E-state index contributed by atoms with van der Waals surface area (Å²) in [6.45, 7) is 3.41. The van der Waals surface area contributed by atoms with E-state index in [0.717, 1.165) is 0 Å². The molecule has 4 nitrogen and oxygen atoms in total. The molecule has 0 bridgehead atoms. The fraction of sp³-hybridized carbons (Fsp3) is 0.300. The second-order valence-corrected chi connectivity index (χ2v) is 3.32. The first kappa shape index (κ1) is 11.3. The lowest BCUT2D eigenvalue weighted by atomic mass is 10.3. The fourth-order valence-corrected chi connectivity index (χ4v) is 0.992. The molecule has 1 aromatic carbocycles. The van der Waals surface area contributed by atoms with Crippen LogP contribution in [0.25, 0.3) is 0 Å². The fourth-order valence-electron chi connectivity index (χ4n) is 0.992. The SMILES string of the molecule is CC(C)OC(=O)Nc1cc(N)ccc1F. The average molecular weight is 212 g/mol. The molecule has 0 fully saturated rings. The van der Waals surface area contributed by atoms with Crippen molar-refractivity contribution < 1.29 is 13.9 Å². The molecule has 0 saturated carbocycles. The van der Waals surface area contributed by atoms with Gasteiger partial charge in [-0.25, -0.2) is 9.18 Å². The lowest BCUT2D eigenvalue weighted by Crippen LogP contribution is -2.18. The van der Waals surface area contributed by atoms with E-state index in [1.54, 1.807) is 13.8 Å². The minimum absolute atomic E-state index is 0.0145. The van der Waals surface area contributed by atoms with Gasteiger partial charge in [0.05, 0.1) is 11.8 Å². The zero-order chi connectivity index (χ0) is 11.4. The third kappa shape index (κ3) is 3.46. The molecule has 15 heavy (non-hydrogen) atoms. The minimum atomic E-state index is -0.700. The number of nitrogens with two attached hydrogens (primary N) is 1. The van der Waals surface area contributed by atoms with Crippen molar-refractivity contribution in [1.82, 2.24) is 0 Å². The van der Waals surface area contributed by atoms with Gasteiger partial charge in [0.15, 0.2) is 0 Å². The van der Waals surface area contributed by atoms with Gasteiger partial charge in [-0.3, -0.25) is 5.32 Å². The third-order valence-electron chi connectivity index (χ3n) is 1.57. The number of carbonyl (C=O) groups excluding carboxylic acids is 1. The summed E-state index contributed by atoms with van der Waals surface area (Å²) in [7, 11) is 0. The summed E-state index contributed by atoms with van der Waals surface area (Å²) in [5.41, 5.74) is 5.83. The van der Waals surface area contributed by atoms with E-state index in [4.69, 9.17) is 10.5 Å².